The molecule has 1 heterocycles. The van der Waals surface area contributed by atoms with Gasteiger partial charge < -0.3 is 76.7 Å². The van der Waals surface area contributed by atoms with E-state index in [1.54, 1.807) is 13.8 Å². The summed E-state index contributed by atoms with van der Waals surface area (Å²) in [6.45, 7) is 7.73. The van der Waals surface area contributed by atoms with Crippen LogP contribution in [0.3, 0.4) is 0 Å². The Labute approximate surface area is 398 Å². The fraction of sp³-hybridized carbons (Fsp3) is 0.636. The van der Waals surface area contributed by atoms with E-state index < -0.39 is 89.6 Å². The van der Waals surface area contributed by atoms with Crippen molar-refractivity contribution in [3.63, 3.8) is 0 Å². The summed E-state index contributed by atoms with van der Waals surface area (Å²) in [5.74, 6) is -6.40. The van der Waals surface area contributed by atoms with Crippen molar-refractivity contribution in [3.05, 3.63) is 35.9 Å². The molecule has 68 heavy (non-hydrogen) atoms. The van der Waals surface area contributed by atoms with Crippen molar-refractivity contribution in [1.29, 1.82) is 0 Å². The molecule has 8 unspecified atom stereocenters. The maximum absolute atomic E-state index is 14.3. The van der Waals surface area contributed by atoms with E-state index in [-0.39, 0.29) is 108 Å². The van der Waals surface area contributed by atoms with Gasteiger partial charge >= 0.3 is 5.97 Å². The van der Waals surface area contributed by atoms with Gasteiger partial charge in [0, 0.05) is 26.2 Å². The van der Waals surface area contributed by atoms with Crippen LogP contribution in [0, 0.1) is 11.8 Å². The van der Waals surface area contributed by atoms with Gasteiger partial charge in [-0.1, -0.05) is 64.4 Å². The van der Waals surface area contributed by atoms with Crippen LogP contribution in [0.15, 0.2) is 45.3 Å². The number of rotatable bonds is 30. The van der Waals surface area contributed by atoms with Crippen LogP contribution in [0.1, 0.15) is 97.5 Å². The van der Waals surface area contributed by atoms with Crippen molar-refractivity contribution in [2.24, 2.45) is 66.9 Å². The number of carbonyl (C=O) groups excluding carboxylic acids is 6. The van der Waals surface area contributed by atoms with Crippen LogP contribution in [0.5, 0.6) is 0 Å². The highest BCUT2D eigenvalue weighted by atomic mass is 16.4. The van der Waals surface area contributed by atoms with Gasteiger partial charge in [0.2, 0.25) is 35.4 Å². The SMILES string of the molecule is CCC(C)C(NC(=O)C(CCCN=C(N)N)NC(=O)C(CCCN=C(N)N)NC(=O)C(CC(C)C)NC(=O)C(N)Cc1ccccc1)C(=O)NC(CCCN=C(N)N)C(=O)N1CCCC1C(=O)O. The minimum atomic E-state index is -1.31. The molecule has 24 nitrogen and oxygen atoms in total. The van der Waals surface area contributed by atoms with Gasteiger partial charge in [-0.05, 0) is 81.6 Å². The number of carboxylic acids is 1. The summed E-state index contributed by atoms with van der Waals surface area (Å²) in [5.41, 5.74) is 40.1. The molecular formula is C44H76N16O8. The van der Waals surface area contributed by atoms with Gasteiger partial charge in [-0.3, -0.25) is 43.7 Å². The van der Waals surface area contributed by atoms with Gasteiger partial charge in [0.15, 0.2) is 17.9 Å². The van der Waals surface area contributed by atoms with Crippen molar-refractivity contribution < 1.29 is 38.7 Å². The van der Waals surface area contributed by atoms with E-state index in [2.05, 4.69) is 41.6 Å². The van der Waals surface area contributed by atoms with Crippen molar-refractivity contribution in [1.82, 2.24) is 31.5 Å². The van der Waals surface area contributed by atoms with E-state index >= 15 is 0 Å². The third-order valence-corrected chi connectivity index (χ3v) is 11.3. The summed E-state index contributed by atoms with van der Waals surface area (Å²) in [7, 11) is 0. The van der Waals surface area contributed by atoms with Crippen LogP contribution in [0.2, 0.25) is 0 Å². The van der Waals surface area contributed by atoms with Crippen molar-refractivity contribution >= 4 is 59.3 Å². The molecule has 380 valence electrons. The number of aliphatic carboxylic acids is 1. The number of nitrogens with zero attached hydrogens (tertiary/aromatic N) is 4. The predicted molar refractivity (Wildman–Crippen MR) is 259 cm³/mol. The largest absolute Gasteiger partial charge is 0.480 e. The number of hydrogen-bond acceptors (Lipinski definition) is 11. The Kier molecular flexibility index (Phi) is 25.2. The molecule has 1 aliphatic rings. The van der Waals surface area contributed by atoms with Gasteiger partial charge in [-0.2, -0.15) is 0 Å². The smallest absolute Gasteiger partial charge is 0.326 e. The number of likely N-dealkylation sites (tertiary alicyclic amines) is 1. The minimum absolute atomic E-state index is 0.00279. The standard InChI is InChI=1S/C44H76N16O8/c1-5-26(4)34(39(65)57-31(17-11-21-54-44(50)51)40(66)60-22-12-18-33(60)41(67)68)59-37(63)30(16-10-20-53-43(48)49)55-36(62)29(15-9-19-52-42(46)47)56-38(64)32(23-25(2)3)58-35(61)28(45)24-27-13-7-6-8-14-27/h6-8,13-14,25-26,28-34H,5,9-12,15-24,45H2,1-4H3,(H,55,62)(H,56,64)(H,57,65)(H,58,61)(H,59,63)(H,67,68)(H4,46,47,52)(H4,48,49,53)(H4,50,51,54). The quantitative estimate of drug-likeness (QED) is 0.0212. The summed E-state index contributed by atoms with van der Waals surface area (Å²) < 4.78 is 0. The molecule has 0 aliphatic carbocycles. The zero-order chi connectivity index (χ0) is 50.9. The number of benzene rings is 1. The van der Waals surface area contributed by atoms with Crippen LogP contribution >= 0.6 is 0 Å². The fourth-order valence-electron chi connectivity index (χ4n) is 7.50. The monoisotopic (exact) mass is 957 g/mol. The number of nitrogens with one attached hydrogen (secondary N) is 5. The number of guanidine groups is 3. The number of amides is 6. The fourth-order valence-corrected chi connectivity index (χ4v) is 7.50. The van der Waals surface area contributed by atoms with Crippen molar-refractivity contribution in [2.75, 3.05) is 26.2 Å². The van der Waals surface area contributed by atoms with Crippen molar-refractivity contribution in [3.8, 4) is 0 Å². The van der Waals surface area contributed by atoms with E-state index in [0.29, 0.717) is 12.8 Å². The third-order valence-electron chi connectivity index (χ3n) is 11.3. The van der Waals surface area contributed by atoms with E-state index in [0.717, 1.165) is 5.56 Å². The van der Waals surface area contributed by atoms with Crippen LogP contribution in [-0.4, -0.2) is 138 Å². The lowest BCUT2D eigenvalue weighted by molar-refractivity contribution is -0.149. The molecule has 2 rings (SSSR count). The Hall–Kier alpha value is -6.72. The highest BCUT2D eigenvalue weighted by Gasteiger charge is 2.39. The van der Waals surface area contributed by atoms with E-state index in [1.165, 1.54) is 4.90 Å². The van der Waals surface area contributed by atoms with Gasteiger partial charge in [0.25, 0.3) is 0 Å². The first kappa shape index (κ1) is 57.4. The molecule has 6 amide bonds. The number of aliphatic imine (C=N–C) groups is 3. The molecule has 1 saturated heterocycles. The summed E-state index contributed by atoms with van der Waals surface area (Å²) in [4.78, 5) is 109. The lowest BCUT2D eigenvalue weighted by Crippen LogP contribution is -2.60. The Morgan fingerprint density at radius 2 is 1.12 bits per heavy atom. The molecule has 0 saturated carbocycles. The number of carbonyl (C=O) groups is 7. The van der Waals surface area contributed by atoms with Gasteiger partial charge in [-0.25, -0.2) is 4.79 Å². The van der Waals surface area contributed by atoms with Crippen molar-refractivity contribution in [2.45, 2.75) is 141 Å². The van der Waals surface area contributed by atoms with Crippen LogP contribution in [0.25, 0.3) is 0 Å². The molecule has 1 fully saturated rings. The normalized spacial score (nSPS) is 16.3. The average Bonchev–Trinajstić information content (AvgIpc) is 3.78. The van der Waals surface area contributed by atoms with Gasteiger partial charge in [-0.15, -0.1) is 0 Å². The van der Waals surface area contributed by atoms with E-state index in [4.69, 9.17) is 40.1 Å². The number of nitrogens with two attached hydrogens (primary N) is 7. The van der Waals surface area contributed by atoms with E-state index in [9.17, 15) is 38.7 Å². The third kappa shape index (κ3) is 20.8. The molecule has 0 bridgehead atoms. The first-order valence-corrected chi connectivity index (χ1v) is 23.2. The molecule has 1 aromatic carbocycles. The summed E-state index contributed by atoms with van der Waals surface area (Å²) in [5, 5.41) is 23.5. The molecule has 20 N–H and O–H groups in total. The van der Waals surface area contributed by atoms with Gasteiger partial charge in [0.05, 0.1) is 6.04 Å². The second-order valence-corrected chi connectivity index (χ2v) is 17.4. The molecule has 1 aliphatic heterocycles. The van der Waals surface area contributed by atoms with Crippen LogP contribution in [0.4, 0.5) is 0 Å². The Morgan fingerprint density at radius 1 is 0.662 bits per heavy atom. The maximum atomic E-state index is 14.3. The number of carboxylic acid groups (broad SMARTS) is 1. The first-order chi connectivity index (χ1) is 32.1. The molecule has 0 aromatic heterocycles. The number of hydrogen-bond donors (Lipinski definition) is 13. The molecule has 0 spiro atoms. The second kappa shape index (κ2) is 29.8. The van der Waals surface area contributed by atoms with Crippen LogP contribution < -0.4 is 66.7 Å². The molecule has 0 radical (unpaired) electrons. The molecular weight excluding hydrogens is 881 g/mol. The lowest BCUT2D eigenvalue weighted by atomic mass is 9.96. The minimum Gasteiger partial charge on any atom is -0.480 e. The molecule has 1 aromatic rings. The zero-order valence-corrected chi connectivity index (χ0v) is 39.8. The first-order valence-electron chi connectivity index (χ1n) is 23.2. The molecule has 24 heteroatoms. The Morgan fingerprint density at radius 3 is 1.59 bits per heavy atom. The van der Waals surface area contributed by atoms with E-state index in [1.807, 2.05) is 44.2 Å². The zero-order valence-electron chi connectivity index (χ0n) is 39.8. The maximum Gasteiger partial charge on any atom is 0.326 e. The molecule has 8 atom stereocenters. The topological polar surface area (TPSA) is 422 Å². The second-order valence-electron chi connectivity index (χ2n) is 17.4. The highest BCUT2D eigenvalue weighted by Crippen LogP contribution is 2.20. The highest BCUT2D eigenvalue weighted by molar-refractivity contribution is 5.97. The van der Waals surface area contributed by atoms with Crippen LogP contribution in [-0.2, 0) is 40.0 Å². The average molecular weight is 957 g/mol. The van der Waals surface area contributed by atoms with Gasteiger partial charge in [0.1, 0.15) is 36.3 Å². The Bertz CT molecular complexity index is 1900. The summed E-state index contributed by atoms with van der Waals surface area (Å²) >= 11 is 0. The lowest BCUT2D eigenvalue weighted by Gasteiger charge is -2.31. The summed E-state index contributed by atoms with van der Waals surface area (Å²) in [6, 6.07) is 0.995. The summed E-state index contributed by atoms with van der Waals surface area (Å²) in [6.07, 6.45) is 2.20. The Balaban J connectivity index is 2.45. The predicted octanol–water partition coefficient (Wildman–Crippen LogP) is -2.69.